The number of rotatable bonds is 2. The Hall–Kier alpha value is -1.20. The molecule has 2 heterocycles. The first kappa shape index (κ1) is 14.2. The zero-order chi connectivity index (χ0) is 12.5. The molecule has 0 aromatic carbocycles. The summed E-state index contributed by atoms with van der Waals surface area (Å²) in [6.07, 6.45) is 4.02. The second-order valence-electron chi connectivity index (χ2n) is 5.13. The van der Waals surface area contributed by atoms with Crippen molar-refractivity contribution in [3.63, 3.8) is 0 Å². The lowest BCUT2D eigenvalue weighted by atomic mass is 10.2. The van der Waals surface area contributed by atoms with Crippen LogP contribution in [0.5, 0.6) is 0 Å². The van der Waals surface area contributed by atoms with Gasteiger partial charge in [0.1, 0.15) is 11.5 Å². The number of carbonyl (C=O) groups excluding carboxylic acids is 1. The normalized spacial score (nSPS) is 22.8. The van der Waals surface area contributed by atoms with Crippen LogP contribution in [0.25, 0.3) is 0 Å². The average molecular weight is 283 g/mol. The molecule has 1 saturated carbocycles. The van der Waals surface area contributed by atoms with Gasteiger partial charge in [0.05, 0.1) is 0 Å². The lowest BCUT2D eigenvalue weighted by Crippen LogP contribution is -2.52. The van der Waals surface area contributed by atoms with E-state index in [9.17, 15) is 4.79 Å². The van der Waals surface area contributed by atoms with E-state index < -0.39 is 0 Å². The molecule has 2 fully saturated rings. The molecule has 1 aromatic rings. The van der Waals surface area contributed by atoms with Crippen LogP contribution in [0, 0.1) is 0 Å². The van der Waals surface area contributed by atoms with Crippen molar-refractivity contribution < 1.29 is 4.79 Å². The molecule has 0 bridgehead atoms. The third kappa shape index (κ3) is 3.04. The van der Waals surface area contributed by atoms with E-state index in [0.717, 1.165) is 38.3 Å². The maximum Gasteiger partial charge on any atom is 0.272 e. The summed E-state index contributed by atoms with van der Waals surface area (Å²) in [6, 6.07) is 1.95. The monoisotopic (exact) mass is 282 g/mol. The van der Waals surface area contributed by atoms with E-state index in [0.29, 0.717) is 11.6 Å². The van der Waals surface area contributed by atoms with Crippen molar-refractivity contribution in [3.05, 3.63) is 23.8 Å². The van der Waals surface area contributed by atoms with Gasteiger partial charge >= 0.3 is 0 Å². The molecule has 1 aliphatic heterocycles. The van der Waals surface area contributed by atoms with Crippen molar-refractivity contribution >= 4 is 18.3 Å². The number of amides is 1. The number of hydrogen-bond acceptors (Lipinski definition) is 4. The Morgan fingerprint density at radius 1 is 1.47 bits per heavy atom. The summed E-state index contributed by atoms with van der Waals surface area (Å²) in [5.41, 5.74) is 0.542. The zero-order valence-corrected chi connectivity index (χ0v) is 11.8. The lowest BCUT2D eigenvalue weighted by molar-refractivity contribution is 0.0649. The Morgan fingerprint density at radius 3 is 2.95 bits per heavy atom. The highest BCUT2D eigenvalue weighted by atomic mass is 35.5. The molecule has 1 amide bonds. The van der Waals surface area contributed by atoms with Gasteiger partial charge in [0.25, 0.3) is 5.91 Å². The smallest absolute Gasteiger partial charge is 0.272 e. The first-order chi connectivity index (χ1) is 8.75. The Balaban J connectivity index is 0.00000133. The highest BCUT2D eigenvalue weighted by Gasteiger charge is 2.29. The second kappa shape index (κ2) is 5.84. The SMILES string of the molecule is C[C@H]1CNCCN1C(=O)c1ccnc(C2CC2)n1.Cl. The van der Waals surface area contributed by atoms with Crippen LogP contribution >= 0.6 is 12.4 Å². The Labute approximate surface area is 119 Å². The van der Waals surface area contributed by atoms with Gasteiger partial charge in [0, 0.05) is 37.8 Å². The van der Waals surface area contributed by atoms with Gasteiger partial charge in [-0.1, -0.05) is 0 Å². The number of hydrogen-bond donors (Lipinski definition) is 1. The van der Waals surface area contributed by atoms with E-state index in [-0.39, 0.29) is 24.4 Å². The van der Waals surface area contributed by atoms with Crippen LogP contribution < -0.4 is 5.32 Å². The third-order valence-electron chi connectivity index (χ3n) is 3.60. The van der Waals surface area contributed by atoms with Crippen molar-refractivity contribution in [3.8, 4) is 0 Å². The fraction of sp³-hybridized carbons (Fsp3) is 0.615. The highest BCUT2D eigenvalue weighted by Crippen LogP contribution is 2.37. The van der Waals surface area contributed by atoms with Gasteiger partial charge in [-0.2, -0.15) is 0 Å². The lowest BCUT2D eigenvalue weighted by Gasteiger charge is -2.33. The minimum Gasteiger partial charge on any atom is -0.332 e. The molecule has 1 saturated heterocycles. The summed E-state index contributed by atoms with van der Waals surface area (Å²) in [4.78, 5) is 23.0. The standard InChI is InChI=1S/C13H18N4O.ClH/c1-9-8-14-6-7-17(9)13(18)11-4-5-15-12(16-11)10-2-3-10;/h4-5,9-10,14H,2-3,6-8H2,1H3;1H/t9-;/m0./s1. The molecule has 0 spiro atoms. The van der Waals surface area contributed by atoms with E-state index in [4.69, 9.17) is 0 Å². The molecule has 104 valence electrons. The number of nitrogens with zero attached hydrogens (tertiary/aromatic N) is 3. The molecule has 0 unspecified atom stereocenters. The third-order valence-corrected chi connectivity index (χ3v) is 3.60. The van der Waals surface area contributed by atoms with Gasteiger partial charge < -0.3 is 10.2 Å². The van der Waals surface area contributed by atoms with Gasteiger partial charge in [0.2, 0.25) is 0 Å². The highest BCUT2D eigenvalue weighted by molar-refractivity contribution is 5.92. The van der Waals surface area contributed by atoms with Crippen LogP contribution in [-0.4, -0.2) is 46.5 Å². The van der Waals surface area contributed by atoms with Crippen molar-refractivity contribution in [2.45, 2.75) is 31.7 Å². The molecule has 1 N–H and O–H groups in total. The van der Waals surface area contributed by atoms with Crippen LogP contribution in [0.1, 0.15) is 42.0 Å². The van der Waals surface area contributed by atoms with Crippen molar-refractivity contribution in [2.24, 2.45) is 0 Å². The average Bonchev–Trinajstić information content (AvgIpc) is 3.23. The van der Waals surface area contributed by atoms with Gasteiger partial charge in [-0.25, -0.2) is 9.97 Å². The van der Waals surface area contributed by atoms with Crippen molar-refractivity contribution in [1.82, 2.24) is 20.2 Å². The molecule has 1 aliphatic carbocycles. The number of nitrogens with one attached hydrogen (secondary N) is 1. The van der Waals surface area contributed by atoms with Gasteiger partial charge in [-0.15, -0.1) is 12.4 Å². The van der Waals surface area contributed by atoms with E-state index >= 15 is 0 Å². The fourth-order valence-corrected chi connectivity index (χ4v) is 2.32. The van der Waals surface area contributed by atoms with Crippen LogP contribution in [0.4, 0.5) is 0 Å². The van der Waals surface area contributed by atoms with Gasteiger partial charge in [-0.05, 0) is 25.8 Å². The Morgan fingerprint density at radius 2 is 2.26 bits per heavy atom. The summed E-state index contributed by atoms with van der Waals surface area (Å²) >= 11 is 0. The number of aromatic nitrogens is 2. The number of halogens is 1. The summed E-state index contributed by atoms with van der Waals surface area (Å²) < 4.78 is 0. The van der Waals surface area contributed by atoms with Gasteiger partial charge in [0.15, 0.2) is 0 Å². The number of carbonyl (C=O) groups is 1. The maximum absolute atomic E-state index is 12.4. The predicted octanol–water partition coefficient (Wildman–Crippen LogP) is 1.21. The summed E-state index contributed by atoms with van der Waals surface area (Å²) in [5.74, 6) is 1.36. The molecule has 6 heteroatoms. The topological polar surface area (TPSA) is 58.1 Å². The second-order valence-corrected chi connectivity index (χ2v) is 5.13. The van der Waals surface area contributed by atoms with Crippen molar-refractivity contribution in [2.75, 3.05) is 19.6 Å². The first-order valence-electron chi connectivity index (χ1n) is 6.60. The van der Waals surface area contributed by atoms with Crippen LogP contribution in [0.3, 0.4) is 0 Å². The maximum atomic E-state index is 12.4. The largest absolute Gasteiger partial charge is 0.332 e. The molecular weight excluding hydrogens is 264 g/mol. The Bertz CT molecular complexity index is 464. The predicted molar refractivity (Wildman–Crippen MR) is 74.6 cm³/mol. The molecule has 19 heavy (non-hydrogen) atoms. The molecule has 2 aliphatic rings. The summed E-state index contributed by atoms with van der Waals surface area (Å²) in [5, 5.41) is 3.28. The molecule has 5 nitrogen and oxygen atoms in total. The van der Waals surface area contributed by atoms with E-state index in [1.807, 2.05) is 4.90 Å². The molecule has 1 aromatic heterocycles. The molecule has 0 radical (unpaired) electrons. The minimum absolute atomic E-state index is 0. The molecule has 1 atom stereocenters. The quantitative estimate of drug-likeness (QED) is 0.886. The first-order valence-corrected chi connectivity index (χ1v) is 6.60. The van der Waals surface area contributed by atoms with Gasteiger partial charge in [-0.3, -0.25) is 4.79 Å². The molecule has 3 rings (SSSR count). The summed E-state index contributed by atoms with van der Waals surface area (Å²) in [7, 11) is 0. The van der Waals surface area contributed by atoms with Crippen LogP contribution in [-0.2, 0) is 0 Å². The zero-order valence-electron chi connectivity index (χ0n) is 11.0. The minimum atomic E-state index is 0. The van der Waals surface area contributed by atoms with Crippen molar-refractivity contribution in [1.29, 1.82) is 0 Å². The fourth-order valence-electron chi connectivity index (χ4n) is 2.32. The number of piperazine rings is 1. The van der Waals surface area contributed by atoms with Crippen LogP contribution in [0.2, 0.25) is 0 Å². The summed E-state index contributed by atoms with van der Waals surface area (Å²) in [6.45, 7) is 4.53. The molecular formula is C13H19ClN4O. The van der Waals surface area contributed by atoms with Crippen LogP contribution in [0.15, 0.2) is 12.3 Å². The van der Waals surface area contributed by atoms with E-state index in [2.05, 4.69) is 22.2 Å². The Kier molecular flexibility index (Phi) is 4.37. The van der Waals surface area contributed by atoms with E-state index in [1.54, 1.807) is 12.3 Å². The van der Waals surface area contributed by atoms with E-state index in [1.165, 1.54) is 0 Å².